The zero-order valence-electron chi connectivity index (χ0n) is 15.6. The van der Waals surface area contributed by atoms with Crippen molar-refractivity contribution in [2.45, 2.75) is 32.2 Å². The molecular formula is C20H27N3O4. The number of hydrogen-bond acceptors (Lipinski definition) is 4. The van der Waals surface area contributed by atoms with Crippen LogP contribution in [0.3, 0.4) is 0 Å². The highest BCUT2D eigenvalue weighted by molar-refractivity contribution is 6.00. The van der Waals surface area contributed by atoms with Crippen LogP contribution in [-0.2, 0) is 11.3 Å². The molecule has 3 rings (SSSR count). The van der Waals surface area contributed by atoms with Crippen molar-refractivity contribution in [3.8, 4) is 5.88 Å². The normalized spacial score (nSPS) is 15.1. The maximum absolute atomic E-state index is 12.5. The summed E-state index contributed by atoms with van der Waals surface area (Å²) >= 11 is 0. The van der Waals surface area contributed by atoms with Crippen molar-refractivity contribution >= 4 is 22.6 Å². The quantitative estimate of drug-likeness (QED) is 0.692. The van der Waals surface area contributed by atoms with Gasteiger partial charge in [0.1, 0.15) is 0 Å². The van der Waals surface area contributed by atoms with Crippen molar-refractivity contribution in [3.63, 3.8) is 0 Å². The summed E-state index contributed by atoms with van der Waals surface area (Å²) in [5.74, 6) is -0.327. The zero-order valence-corrected chi connectivity index (χ0v) is 15.6. The number of benzene rings is 1. The minimum atomic E-state index is -0.937. The Morgan fingerprint density at radius 3 is 2.74 bits per heavy atom. The lowest BCUT2D eigenvalue weighted by Gasteiger charge is -2.22. The summed E-state index contributed by atoms with van der Waals surface area (Å²) in [5, 5.41) is 24.3. The smallest absolute Gasteiger partial charge is 0.305 e. The number of hydrogen-bond donors (Lipinski definition) is 3. The van der Waals surface area contributed by atoms with Crippen LogP contribution in [0.5, 0.6) is 5.88 Å². The Morgan fingerprint density at radius 1 is 1.30 bits per heavy atom. The van der Waals surface area contributed by atoms with Crippen molar-refractivity contribution in [1.29, 1.82) is 0 Å². The number of carbonyl (C=O) groups excluding carboxylic acids is 1. The fourth-order valence-electron chi connectivity index (χ4n) is 3.63. The molecule has 0 atom stereocenters. The van der Waals surface area contributed by atoms with Gasteiger partial charge in [0, 0.05) is 42.7 Å². The number of fused-ring (bicyclic) bond motifs is 1. The SMILES string of the molecule is CN(CCC(=O)O)C(=O)c1ccc2cn(CCC3CCNCC3)c(O)c2c1. The predicted octanol–water partition coefficient (Wildman–Crippen LogP) is 2.28. The molecule has 1 saturated heterocycles. The summed E-state index contributed by atoms with van der Waals surface area (Å²) in [6, 6.07) is 5.23. The first kappa shape index (κ1) is 19.2. The highest BCUT2D eigenvalue weighted by Crippen LogP contribution is 2.29. The molecule has 1 amide bonds. The van der Waals surface area contributed by atoms with Crippen LogP contribution in [0, 0.1) is 5.92 Å². The van der Waals surface area contributed by atoms with E-state index >= 15 is 0 Å². The molecule has 2 aromatic rings. The van der Waals surface area contributed by atoms with Gasteiger partial charge in [-0.2, -0.15) is 0 Å². The predicted molar refractivity (Wildman–Crippen MR) is 103 cm³/mol. The first-order valence-electron chi connectivity index (χ1n) is 9.45. The van der Waals surface area contributed by atoms with Crippen molar-refractivity contribution < 1.29 is 19.8 Å². The second kappa shape index (κ2) is 8.43. The van der Waals surface area contributed by atoms with Crippen LogP contribution in [0.1, 0.15) is 36.0 Å². The van der Waals surface area contributed by atoms with Gasteiger partial charge in [0.05, 0.1) is 6.42 Å². The Bertz CT molecular complexity index is 824. The summed E-state index contributed by atoms with van der Waals surface area (Å²) in [7, 11) is 1.58. The Balaban J connectivity index is 1.72. The van der Waals surface area contributed by atoms with Gasteiger partial charge in [0.25, 0.3) is 5.91 Å². The summed E-state index contributed by atoms with van der Waals surface area (Å²) in [5.41, 5.74) is 0.446. The number of carboxylic acid groups (broad SMARTS) is 1. The number of piperidine rings is 1. The molecule has 0 radical (unpaired) electrons. The van der Waals surface area contributed by atoms with Crippen molar-refractivity contribution in [1.82, 2.24) is 14.8 Å². The molecule has 1 fully saturated rings. The highest BCUT2D eigenvalue weighted by atomic mass is 16.4. The van der Waals surface area contributed by atoms with Gasteiger partial charge in [-0.25, -0.2) is 0 Å². The van der Waals surface area contributed by atoms with Gasteiger partial charge in [0.15, 0.2) is 5.88 Å². The molecule has 146 valence electrons. The van der Waals surface area contributed by atoms with E-state index in [1.807, 2.05) is 16.8 Å². The second-order valence-corrected chi connectivity index (χ2v) is 7.30. The zero-order chi connectivity index (χ0) is 19.4. The highest BCUT2D eigenvalue weighted by Gasteiger charge is 2.17. The Morgan fingerprint density at radius 2 is 2.04 bits per heavy atom. The Labute approximate surface area is 158 Å². The summed E-state index contributed by atoms with van der Waals surface area (Å²) < 4.78 is 1.86. The molecule has 27 heavy (non-hydrogen) atoms. The standard InChI is InChI=1S/C20H27N3O4/c1-22(10-7-18(24)25)19(26)15-2-3-16-13-23(20(27)17(16)12-15)11-6-14-4-8-21-9-5-14/h2-3,12-14,21,27H,4-11H2,1H3,(H,24,25). The van der Waals surface area contributed by atoms with E-state index in [-0.39, 0.29) is 24.8 Å². The molecule has 0 aliphatic carbocycles. The molecule has 0 saturated carbocycles. The molecule has 0 spiro atoms. The maximum atomic E-state index is 12.5. The topological polar surface area (TPSA) is 94.8 Å². The average molecular weight is 373 g/mol. The first-order valence-corrected chi connectivity index (χ1v) is 9.45. The van der Waals surface area contributed by atoms with Gasteiger partial charge < -0.3 is 25.0 Å². The molecule has 1 aromatic heterocycles. The van der Waals surface area contributed by atoms with Crippen LogP contribution < -0.4 is 5.32 Å². The van der Waals surface area contributed by atoms with Gasteiger partial charge >= 0.3 is 5.97 Å². The van der Waals surface area contributed by atoms with Crippen molar-refractivity contribution in [3.05, 3.63) is 30.0 Å². The molecule has 2 heterocycles. The molecular weight excluding hydrogens is 346 g/mol. The van der Waals surface area contributed by atoms with E-state index in [4.69, 9.17) is 5.11 Å². The van der Waals surface area contributed by atoms with E-state index < -0.39 is 5.97 Å². The number of carbonyl (C=O) groups is 2. The van der Waals surface area contributed by atoms with Gasteiger partial charge in [-0.15, -0.1) is 0 Å². The number of nitrogens with one attached hydrogen (secondary N) is 1. The molecule has 0 bridgehead atoms. The summed E-state index contributed by atoms with van der Waals surface area (Å²) in [6.45, 7) is 3.03. The second-order valence-electron chi connectivity index (χ2n) is 7.30. The van der Waals surface area contributed by atoms with Gasteiger partial charge in [-0.1, -0.05) is 6.07 Å². The molecule has 7 heteroatoms. The number of aryl methyl sites for hydroxylation is 1. The third-order valence-electron chi connectivity index (χ3n) is 5.35. The number of aromatic hydroxyl groups is 1. The minimum absolute atomic E-state index is 0.0944. The number of rotatable bonds is 7. The fourth-order valence-corrected chi connectivity index (χ4v) is 3.63. The molecule has 7 nitrogen and oxygen atoms in total. The number of amides is 1. The minimum Gasteiger partial charge on any atom is -0.494 e. The lowest BCUT2D eigenvalue weighted by atomic mass is 9.95. The van der Waals surface area contributed by atoms with Crippen LogP contribution in [0.15, 0.2) is 24.4 Å². The van der Waals surface area contributed by atoms with Crippen LogP contribution in [0.4, 0.5) is 0 Å². The average Bonchev–Trinajstić information content (AvgIpc) is 3.00. The third-order valence-corrected chi connectivity index (χ3v) is 5.35. The molecule has 1 aliphatic heterocycles. The van der Waals surface area contributed by atoms with E-state index in [1.165, 1.54) is 17.7 Å². The number of carboxylic acids is 1. The summed E-state index contributed by atoms with van der Waals surface area (Å²) in [4.78, 5) is 24.6. The van der Waals surface area contributed by atoms with E-state index in [0.717, 1.165) is 31.4 Å². The van der Waals surface area contributed by atoms with Crippen LogP contribution >= 0.6 is 0 Å². The monoisotopic (exact) mass is 373 g/mol. The van der Waals surface area contributed by atoms with E-state index in [0.29, 0.717) is 16.9 Å². The van der Waals surface area contributed by atoms with E-state index in [9.17, 15) is 14.7 Å². The fraction of sp³-hybridized carbons (Fsp3) is 0.500. The van der Waals surface area contributed by atoms with Crippen LogP contribution in [0.2, 0.25) is 0 Å². The molecule has 1 aromatic carbocycles. The Kier molecular flexibility index (Phi) is 6.01. The molecule has 1 aliphatic rings. The third kappa shape index (κ3) is 4.60. The molecule has 0 unspecified atom stereocenters. The van der Waals surface area contributed by atoms with Gasteiger partial charge in [-0.3, -0.25) is 9.59 Å². The maximum Gasteiger partial charge on any atom is 0.305 e. The molecule has 3 N–H and O–H groups in total. The lowest BCUT2D eigenvalue weighted by molar-refractivity contribution is -0.137. The van der Waals surface area contributed by atoms with E-state index in [2.05, 4.69) is 5.32 Å². The Hall–Kier alpha value is -2.54. The van der Waals surface area contributed by atoms with Crippen LogP contribution in [0.25, 0.3) is 10.8 Å². The first-order chi connectivity index (χ1) is 13.0. The van der Waals surface area contributed by atoms with Crippen LogP contribution in [-0.4, -0.2) is 58.2 Å². The van der Waals surface area contributed by atoms with E-state index in [1.54, 1.807) is 19.2 Å². The van der Waals surface area contributed by atoms with Crippen molar-refractivity contribution in [2.24, 2.45) is 5.92 Å². The number of aliphatic carboxylic acids is 1. The van der Waals surface area contributed by atoms with Gasteiger partial charge in [-0.05, 0) is 50.4 Å². The lowest BCUT2D eigenvalue weighted by Crippen LogP contribution is -2.28. The largest absolute Gasteiger partial charge is 0.494 e. The number of nitrogens with zero attached hydrogens (tertiary/aromatic N) is 2. The van der Waals surface area contributed by atoms with Gasteiger partial charge in [0.2, 0.25) is 0 Å². The summed E-state index contributed by atoms with van der Waals surface area (Å²) in [6.07, 6.45) is 5.20. The number of aromatic nitrogens is 1. The van der Waals surface area contributed by atoms with Crippen molar-refractivity contribution in [2.75, 3.05) is 26.7 Å².